The number of carbonyl (C=O) groups excluding carboxylic acids is 3. The monoisotopic (exact) mass is 391 g/mol. The molecule has 9 nitrogen and oxygen atoms in total. The van der Waals surface area contributed by atoms with Crippen molar-refractivity contribution in [1.29, 1.82) is 0 Å². The highest BCUT2D eigenvalue weighted by atomic mass is 16.6. The molecule has 0 aromatic heterocycles. The van der Waals surface area contributed by atoms with Crippen LogP contribution >= 0.6 is 0 Å². The number of nitrogens with one attached hydrogen (secondary N) is 3. The van der Waals surface area contributed by atoms with Gasteiger partial charge in [0.05, 0.1) is 19.7 Å². The van der Waals surface area contributed by atoms with Crippen molar-refractivity contribution in [2.24, 2.45) is 0 Å². The molecule has 3 rings (SSSR count). The van der Waals surface area contributed by atoms with E-state index < -0.39 is 24.2 Å². The predicted molar refractivity (Wildman–Crippen MR) is 98.5 cm³/mol. The number of hydrogen-bond acceptors (Lipinski definition) is 7. The van der Waals surface area contributed by atoms with Crippen molar-refractivity contribution in [2.75, 3.05) is 20.2 Å². The van der Waals surface area contributed by atoms with Gasteiger partial charge in [0.2, 0.25) is 11.8 Å². The van der Waals surface area contributed by atoms with E-state index >= 15 is 0 Å². The number of esters is 1. The second-order valence-electron chi connectivity index (χ2n) is 6.97. The summed E-state index contributed by atoms with van der Waals surface area (Å²) in [6.07, 6.45) is -0.776. The Kier molecular flexibility index (Phi) is 6.48. The number of methoxy groups -OCH3 is 1. The van der Waals surface area contributed by atoms with Gasteiger partial charge >= 0.3 is 5.97 Å². The molecule has 2 amide bonds. The van der Waals surface area contributed by atoms with Gasteiger partial charge in [-0.2, -0.15) is 0 Å². The summed E-state index contributed by atoms with van der Waals surface area (Å²) in [5.41, 5.74) is 1.02. The Hall–Kier alpha value is -2.65. The van der Waals surface area contributed by atoms with Crippen LogP contribution < -0.4 is 20.7 Å². The zero-order chi connectivity index (χ0) is 20.1. The topological polar surface area (TPSA) is 126 Å². The summed E-state index contributed by atoms with van der Waals surface area (Å²) in [5.74, 6) is -0.356. The Morgan fingerprint density at radius 2 is 2.00 bits per heavy atom. The molecule has 28 heavy (non-hydrogen) atoms. The SMILES string of the molecule is COc1ccc(C[C@H]2NC[C@H](O)[C@H]2OC(=O)CC[C@@H]2NC(=O)CNC2=O)cc1. The Morgan fingerprint density at radius 3 is 2.71 bits per heavy atom. The van der Waals surface area contributed by atoms with E-state index in [1.807, 2.05) is 24.3 Å². The van der Waals surface area contributed by atoms with Crippen molar-refractivity contribution in [1.82, 2.24) is 16.0 Å². The molecule has 0 unspecified atom stereocenters. The summed E-state index contributed by atoms with van der Waals surface area (Å²) in [6, 6.07) is 6.60. The van der Waals surface area contributed by atoms with E-state index in [0.29, 0.717) is 13.0 Å². The van der Waals surface area contributed by atoms with Gasteiger partial charge in [-0.25, -0.2) is 0 Å². The molecule has 2 aliphatic heterocycles. The third-order valence-electron chi connectivity index (χ3n) is 4.96. The summed E-state index contributed by atoms with van der Waals surface area (Å²) in [5, 5.41) is 18.4. The predicted octanol–water partition coefficient (Wildman–Crippen LogP) is -1.12. The molecule has 4 N–H and O–H groups in total. The normalized spacial score (nSPS) is 27.1. The van der Waals surface area contributed by atoms with E-state index in [9.17, 15) is 19.5 Å². The quantitative estimate of drug-likeness (QED) is 0.434. The van der Waals surface area contributed by atoms with E-state index in [-0.39, 0.29) is 37.2 Å². The molecule has 2 heterocycles. The Labute approximate surface area is 162 Å². The van der Waals surface area contributed by atoms with Crippen LogP contribution in [0.25, 0.3) is 0 Å². The van der Waals surface area contributed by atoms with Gasteiger partial charge in [0.1, 0.15) is 24.0 Å². The van der Waals surface area contributed by atoms with Gasteiger partial charge in [-0.1, -0.05) is 12.1 Å². The maximum atomic E-state index is 12.2. The first-order chi connectivity index (χ1) is 13.5. The van der Waals surface area contributed by atoms with E-state index in [4.69, 9.17) is 9.47 Å². The zero-order valence-electron chi connectivity index (χ0n) is 15.6. The summed E-state index contributed by atoms with van der Waals surface area (Å²) in [7, 11) is 1.60. The first kappa shape index (κ1) is 20.1. The first-order valence-electron chi connectivity index (χ1n) is 9.27. The van der Waals surface area contributed by atoms with Crippen molar-refractivity contribution in [3.8, 4) is 5.75 Å². The van der Waals surface area contributed by atoms with Crippen molar-refractivity contribution < 1.29 is 29.0 Å². The van der Waals surface area contributed by atoms with Gasteiger partial charge in [0.15, 0.2) is 0 Å². The van der Waals surface area contributed by atoms with Crippen LogP contribution in [0.3, 0.4) is 0 Å². The molecule has 2 saturated heterocycles. The minimum absolute atomic E-state index is 0.0309. The average molecular weight is 391 g/mol. The van der Waals surface area contributed by atoms with E-state index in [0.717, 1.165) is 11.3 Å². The fraction of sp³-hybridized carbons (Fsp3) is 0.526. The van der Waals surface area contributed by atoms with Crippen LogP contribution in [-0.2, 0) is 25.5 Å². The number of amides is 2. The molecule has 1 aromatic carbocycles. The zero-order valence-corrected chi connectivity index (χ0v) is 15.6. The Balaban J connectivity index is 1.52. The van der Waals surface area contributed by atoms with Gasteiger partial charge in [-0.15, -0.1) is 0 Å². The van der Waals surface area contributed by atoms with Crippen LogP contribution in [0.15, 0.2) is 24.3 Å². The number of benzene rings is 1. The van der Waals surface area contributed by atoms with Crippen LogP contribution in [0, 0.1) is 0 Å². The molecule has 0 aliphatic carbocycles. The number of carbonyl (C=O) groups is 3. The Bertz CT molecular complexity index is 723. The fourth-order valence-electron chi connectivity index (χ4n) is 3.41. The van der Waals surface area contributed by atoms with Crippen LogP contribution in [-0.4, -0.2) is 67.4 Å². The van der Waals surface area contributed by atoms with Gasteiger partial charge < -0.3 is 30.5 Å². The van der Waals surface area contributed by atoms with Crippen molar-refractivity contribution in [2.45, 2.75) is 43.6 Å². The number of β-amino-alcohol motifs (C(OH)–C–C–N with tert-alkyl or cyclic N) is 1. The molecule has 0 bridgehead atoms. The number of aliphatic hydroxyl groups is 1. The Morgan fingerprint density at radius 1 is 1.25 bits per heavy atom. The number of rotatable bonds is 7. The summed E-state index contributed by atoms with van der Waals surface area (Å²) >= 11 is 0. The summed E-state index contributed by atoms with van der Waals surface area (Å²) < 4.78 is 10.6. The molecule has 2 fully saturated rings. The molecule has 0 saturated carbocycles. The third-order valence-corrected chi connectivity index (χ3v) is 4.96. The molecular formula is C19H25N3O6. The van der Waals surface area contributed by atoms with Gasteiger partial charge in [-0.3, -0.25) is 14.4 Å². The number of piperazine rings is 1. The number of ether oxygens (including phenoxy) is 2. The minimum atomic E-state index is -0.801. The highest BCUT2D eigenvalue weighted by Gasteiger charge is 2.38. The van der Waals surface area contributed by atoms with Crippen LogP contribution in [0.2, 0.25) is 0 Å². The summed E-state index contributed by atoms with van der Waals surface area (Å²) in [6.45, 7) is 0.284. The van der Waals surface area contributed by atoms with Gasteiger partial charge in [0.25, 0.3) is 0 Å². The standard InChI is InChI=1S/C19H25N3O6/c1-27-12-4-2-11(3-5-12)8-14-18(15(23)9-20-14)28-17(25)7-6-13-19(26)21-10-16(24)22-13/h2-5,13-15,18,20,23H,6-10H2,1H3,(H,21,26)(H,22,24)/t13-,14+,15-,18-/m0/s1. The van der Waals surface area contributed by atoms with Crippen LogP contribution in [0.4, 0.5) is 0 Å². The lowest BCUT2D eigenvalue weighted by Crippen LogP contribution is -2.56. The molecule has 0 spiro atoms. The fourth-order valence-corrected chi connectivity index (χ4v) is 3.41. The van der Waals surface area contributed by atoms with Gasteiger partial charge in [-0.05, 0) is 30.5 Å². The molecule has 2 aliphatic rings. The first-order valence-corrected chi connectivity index (χ1v) is 9.27. The second-order valence-corrected chi connectivity index (χ2v) is 6.97. The number of aliphatic hydroxyl groups excluding tert-OH is 1. The van der Waals surface area contributed by atoms with Crippen LogP contribution in [0.5, 0.6) is 5.75 Å². The van der Waals surface area contributed by atoms with E-state index in [2.05, 4.69) is 16.0 Å². The number of hydrogen-bond donors (Lipinski definition) is 4. The molecular weight excluding hydrogens is 366 g/mol. The highest BCUT2D eigenvalue weighted by molar-refractivity contribution is 5.94. The maximum absolute atomic E-state index is 12.2. The minimum Gasteiger partial charge on any atom is -0.497 e. The van der Waals surface area contributed by atoms with Crippen molar-refractivity contribution in [3.05, 3.63) is 29.8 Å². The van der Waals surface area contributed by atoms with Crippen molar-refractivity contribution in [3.63, 3.8) is 0 Å². The second kappa shape index (κ2) is 9.03. The third kappa shape index (κ3) is 4.99. The molecule has 152 valence electrons. The lowest BCUT2D eigenvalue weighted by Gasteiger charge is -2.24. The maximum Gasteiger partial charge on any atom is 0.306 e. The van der Waals surface area contributed by atoms with Gasteiger partial charge in [0, 0.05) is 13.0 Å². The molecule has 0 radical (unpaired) electrons. The average Bonchev–Trinajstić information content (AvgIpc) is 3.02. The van der Waals surface area contributed by atoms with Crippen molar-refractivity contribution >= 4 is 17.8 Å². The molecule has 4 atom stereocenters. The summed E-state index contributed by atoms with van der Waals surface area (Å²) in [4.78, 5) is 35.3. The van der Waals surface area contributed by atoms with E-state index in [1.165, 1.54) is 0 Å². The largest absolute Gasteiger partial charge is 0.497 e. The lowest BCUT2D eigenvalue weighted by molar-refractivity contribution is -0.154. The highest BCUT2D eigenvalue weighted by Crippen LogP contribution is 2.20. The molecule has 9 heteroatoms. The smallest absolute Gasteiger partial charge is 0.306 e. The van der Waals surface area contributed by atoms with E-state index in [1.54, 1.807) is 7.11 Å². The molecule has 1 aromatic rings. The van der Waals surface area contributed by atoms with Crippen LogP contribution in [0.1, 0.15) is 18.4 Å². The lowest BCUT2D eigenvalue weighted by atomic mass is 10.0.